The molecule has 2 aromatic carbocycles. The van der Waals surface area contributed by atoms with Crippen molar-refractivity contribution in [2.75, 3.05) is 7.11 Å². The second-order valence-electron chi connectivity index (χ2n) is 7.86. The van der Waals surface area contributed by atoms with Gasteiger partial charge in [0.05, 0.1) is 11.6 Å². The number of ether oxygens (including phenoxy) is 1. The largest absolute Gasteiger partial charge is 0.497 e. The number of aromatic nitrogens is 1. The Morgan fingerprint density at radius 2 is 1.79 bits per heavy atom. The lowest BCUT2D eigenvalue weighted by atomic mass is 10.1. The molecule has 0 fully saturated rings. The quantitative estimate of drug-likeness (QED) is 0.520. The van der Waals surface area contributed by atoms with Gasteiger partial charge in [-0.05, 0) is 56.2 Å². The first-order valence-corrected chi connectivity index (χ1v) is 11.6. The van der Waals surface area contributed by atoms with Crippen LogP contribution in [-0.4, -0.2) is 29.4 Å². The average molecular weight is 465 g/mol. The molecule has 172 valence electrons. The van der Waals surface area contributed by atoms with Crippen molar-refractivity contribution in [1.29, 1.82) is 0 Å². The van der Waals surface area contributed by atoms with Crippen LogP contribution in [0.4, 0.5) is 0 Å². The molecule has 1 N–H and O–H groups in total. The van der Waals surface area contributed by atoms with Gasteiger partial charge in [-0.15, -0.1) is 11.3 Å². The van der Waals surface area contributed by atoms with E-state index in [1.807, 2.05) is 45.0 Å². The summed E-state index contributed by atoms with van der Waals surface area (Å²) >= 11 is 1.20. The summed E-state index contributed by atoms with van der Waals surface area (Å²) in [6.07, 6.45) is 3.98. The molecule has 1 heterocycles. The van der Waals surface area contributed by atoms with Crippen LogP contribution in [0.5, 0.6) is 5.75 Å². The summed E-state index contributed by atoms with van der Waals surface area (Å²) in [5, 5.41) is 2.88. The maximum atomic E-state index is 13.2. The third kappa shape index (κ3) is 6.29. The first-order chi connectivity index (χ1) is 15.8. The van der Waals surface area contributed by atoms with Gasteiger partial charge in [0, 0.05) is 17.7 Å². The fraction of sp³-hybridized carbons (Fsp3) is 0.269. The molecule has 0 saturated heterocycles. The van der Waals surface area contributed by atoms with Gasteiger partial charge >= 0.3 is 0 Å². The lowest BCUT2D eigenvalue weighted by Crippen LogP contribution is -2.40. The number of benzene rings is 2. The Morgan fingerprint density at radius 3 is 2.39 bits per heavy atom. The Bertz CT molecular complexity index is 1300. The van der Waals surface area contributed by atoms with Gasteiger partial charge in [-0.2, -0.15) is 0 Å². The Labute approximate surface area is 196 Å². The predicted molar refractivity (Wildman–Crippen MR) is 132 cm³/mol. The molecule has 33 heavy (non-hydrogen) atoms. The van der Waals surface area contributed by atoms with E-state index in [4.69, 9.17) is 4.74 Å². The van der Waals surface area contributed by atoms with E-state index in [2.05, 4.69) is 5.32 Å². The molecule has 1 unspecified atom stereocenters. The fourth-order valence-corrected chi connectivity index (χ4v) is 4.17. The molecule has 1 atom stereocenters. The van der Waals surface area contributed by atoms with Gasteiger partial charge in [0.25, 0.3) is 5.56 Å². The smallest absolute Gasteiger partial charge is 0.269 e. The molecule has 1 amide bonds. The third-order valence-corrected chi connectivity index (χ3v) is 6.32. The highest BCUT2D eigenvalue weighted by Gasteiger charge is 2.13. The van der Waals surface area contributed by atoms with E-state index in [0.29, 0.717) is 20.5 Å². The number of carbonyl (C=O) groups excluding carboxylic acids is 2. The molecule has 0 saturated carbocycles. The number of hydrogen-bond donors (Lipinski definition) is 1. The Hall–Kier alpha value is -3.45. The van der Waals surface area contributed by atoms with Crippen LogP contribution < -0.4 is 24.8 Å². The molecule has 0 aliphatic heterocycles. The summed E-state index contributed by atoms with van der Waals surface area (Å²) in [4.78, 5) is 38.6. The number of thiazole rings is 1. The van der Waals surface area contributed by atoms with Gasteiger partial charge in [-0.1, -0.05) is 36.8 Å². The Morgan fingerprint density at radius 1 is 1.12 bits per heavy atom. The standard InChI is InChI=1S/C26H28N2O4S/c1-5-18(3)27-24(30)16-28-25(15-22(29)20-10-12-21(32-4)13-11-20)33-23(26(28)31)14-19-8-6-17(2)7-9-19/h6-15,18H,5,16H2,1-4H3,(H,27,30)/b23-14+,25-15-. The summed E-state index contributed by atoms with van der Waals surface area (Å²) in [6.45, 7) is 5.73. The predicted octanol–water partition coefficient (Wildman–Crippen LogP) is 2.63. The minimum Gasteiger partial charge on any atom is -0.497 e. The van der Waals surface area contributed by atoms with Gasteiger partial charge < -0.3 is 10.1 Å². The summed E-state index contributed by atoms with van der Waals surface area (Å²) in [6, 6.07) is 14.6. The molecule has 0 aliphatic rings. The van der Waals surface area contributed by atoms with Crippen molar-refractivity contribution in [2.45, 2.75) is 39.8 Å². The topological polar surface area (TPSA) is 77.4 Å². The normalized spacial score (nSPS) is 13.1. The van der Waals surface area contributed by atoms with Crippen LogP contribution in [0.25, 0.3) is 12.2 Å². The molecule has 1 aromatic heterocycles. The molecule has 0 bridgehead atoms. The zero-order chi connectivity index (χ0) is 24.0. The lowest BCUT2D eigenvalue weighted by molar-refractivity contribution is -0.122. The minimum absolute atomic E-state index is 0.00112. The van der Waals surface area contributed by atoms with E-state index >= 15 is 0 Å². The molecule has 6 nitrogen and oxygen atoms in total. The first-order valence-electron chi connectivity index (χ1n) is 10.8. The van der Waals surface area contributed by atoms with Crippen molar-refractivity contribution in [3.8, 4) is 5.75 Å². The highest BCUT2D eigenvalue weighted by molar-refractivity contribution is 7.07. The highest BCUT2D eigenvalue weighted by Crippen LogP contribution is 2.12. The van der Waals surface area contributed by atoms with E-state index in [9.17, 15) is 14.4 Å². The molecule has 7 heteroatoms. The second kappa shape index (κ2) is 10.9. The summed E-state index contributed by atoms with van der Waals surface area (Å²) in [7, 11) is 1.56. The number of rotatable bonds is 8. The van der Waals surface area contributed by atoms with Crippen LogP contribution in [-0.2, 0) is 11.3 Å². The average Bonchev–Trinajstić information content (AvgIpc) is 3.09. The van der Waals surface area contributed by atoms with Gasteiger partial charge in [-0.3, -0.25) is 19.0 Å². The number of nitrogens with zero attached hydrogens (tertiary/aromatic N) is 1. The lowest BCUT2D eigenvalue weighted by Gasteiger charge is -2.11. The number of hydrogen-bond acceptors (Lipinski definition) is 5. The van der Waals surface area contributed by atoms with E-state index in [0.717, 1.165) is 17.5 Å². The minimum atomic E-state index is -0.298. The number of amides is 1. The van der Waals surface area contributed by atoms with Gasteiger partial charge in [-0.25, -0.2) is 0 Å². The number of Topliss-reactive ketones (excluding diaryl/α,β-unsaturated/α-hetero) is 1. The molecule has 0 radical (unpaired) electrons. The van der Waals surface area contributed by atoms with Crippen LogP contribution >= 0.6 is 11.3 Å². The van der Waals surface area contributed by atoms with Crippen LogP contribution in [0, 0.1) is 6.92 Å². The van der Waals surface area contributed by atoms with Crippen LogP contribution in [0.3, 0.4) is 0 Å². The highest BCUT2D eigenvalue weighted by atomic mass is 32.1. The summed E-state index contributed by atoms with van der Waals surface area (Å²) in [5.41, 5.74) is 2.17. The zero-order valence-electron chi connectivity index (χ0n) is 19.3. The number of methoxy groups -OCH3 is 1. The van der Waals surface area contributed by atoms with Crippen LogP contribution in [0.1, 0.15) is 41.8 Å². The molecule has 0 aliphatic carbocycles. The van der Waals surface area contributed by atoms with Crippen molar-refractivity contribution in [2.24, 2.45) is 0 Å². The van der Waals surface area contributed by atoms with Gasteiger partial charge in [0.2, 0.25) is 5.91 Å². The van der Waals surface area contributed by atoms with Crippen molar-refractivity contribution >= 4 is 35.2 Å². The molecule has 0 spiro atoms. The number of ketones is 1. The maximum Gasteiger partial charge on any atom is 0.269 e. The van der Waals surface area contributed by atoms with Gasteiger partial charge in [0.1, 0.15) is 17.0 Å². The van der Waals surface area contributed by atoms with Crippen LogP contribution in [0.2, 0.25) is 0 Å². The van der Waals surface area contributed by atoms with Crippen LogP contribution in [0.15, 0.2) is 53.3 Å². The fourth-order valence-electron chi connectivity index (χ4n) is 3.12. The van der Waals surface area contributed by atoms with Crippen molar-refractivity contribution < 1.29 is 14.3 Å². The van der Waals surface area contributed by atoms with Crippen molar-refractivity contribution in [3.05, 3.63) is 84.8 Å². The second-order valence-corrected chi connectivity index (χ2v) is 8.93. The van der Waals surface area contributed by atoms with E-state index in [1.165, 1.54) is 22.0 Å². The maximum absolute atomic E-state index is 13.2. The molecular weight excluding hydrogens is 436 g/mol. The van der Waals surface area contributed by atoms with E-state index < -0.39 is 0 Å². The van der Waals surface area contributed by atoms with Crippen molar-refractivity contribution in [1.82, 2.24) is 9.88 Å². The number of nitrogens with one attached hydrogen (secondary N) is 1. The summed E-state index contributed by atoms with van der Waals surface area (Å²) in [5.74, 6) is 0.130. The van der Waals surface area contributed by atoms with Gasteiger partial charge in [0.15, 0.2) is 5.78 Å². The third-order valence-electron chi connectivity index (χ3n) is 5.26. The molecule has 3 aromatic rings. The monoisotopic (exact) mass is 464 g/mol. The van der Waals surface area contributed by atoms with Crippen molar-refractivity contribution in [3.63, 3.8) is 0 Å². The van der Waals surface area contributed by atoms with E-state index in [-0.39, 0.29) is 29.8 Å². The summed E-state index contributed by atoms with van der Waals surface area (Å²) < 4.78 is 7.40. The number of aryl methyl sites for hydroxylation is 1. The Kier molecular flexibility index (Phi) is 8.01. The Balaban J connectivity index is 2.06. The number of carbonyl (C=O) groups is 2. The molecular formula is C26H28N2O4S. The zero-order valence-corrected chi connectivity index (χ0v) is 20.1. The molecule has 3 rings (SSSR count). The SMILES string of the molecule is CCC(C)NC(=O)Cn1c(=O)/c(=C\c2ccc(C)cc2)s/c1=C\C(=O)c1ccc(OC)cc1. The van der Waals surface area contributed by atoms with E-state index in [1.54, 1.807) is 37.5 Å². The first kappa shape index (κ1) is 24.2.